The molecule has 1 aromatic rings. The highest BCUT2D eigenvalue weighted by Gasteiger charge is 2.31. The molecule has 2 rings (SSSR count). The predicted molar refractivity (Wildman–Crippen MR) is 84.5 cm³/mol. The topological polar surface area (TPSA) is 66.4 Å². The van der Waals surface area contributed by atoms with Crippen LogP contribution in [0.1, 0.15) is 41.6 Å². The minimum Gasteiger partial charge on any atom is -0.481 e. The highest BCUT2D eigenvalue weighted by atomic mass is 32.2. The summed E-state index contributed by atoms with van der Waals surface area (Å²) in [6.07, 6.45) is 5.31. The maximum absolute atomic E-state index is 12.3. The van der Waals surface area contributed by atoms with Crippen molar-refractivity contribution in [1.82, 2.24) is 5.32 Å². The summed E-state index contributed by atoms with van der Waals surface area (Å²) in [4.78, 5) is 23.6. The fraction of sp³-hybridized carbons (Fsp3) is 0.500. The van der Waals surface area contributed by atoms with Crippen LogP contribution < -0.4 is 5.32 Å². The van der Waals surface area contributed by atoms with E-state index in [-0.39, 0.29) is 11.9 Å². The number of carbonyl (C=O) groups is 2. The Kier molecular flexibility index (Phi) is 5.67. The summed E-state index contributed by atoms with van der Waals surface area (Å²) in [6.45, 7) is 0. The zero-order chi connectivity index (χ0) is 15.2. The summed E-state index contributed by atoms with van der Waals surface area (Å²) in [5.41, 5.74) is 1.71. The van der Waals surface area contributed by atoms with Gasteiger partial charge in [-0.3, -0.25) is 9.59 Å². The van der Waals surface area contributed by atoms with Crippen molar-refractivity contribution in [3.8, 4) is 0 Å². The number of hydrogen-bond donors (Lipinski definition) is 2. The van der Waals surface area contributed by atoms with E-state index in [2.05, 4.69) is 5.32 Å². The predicted octanol–water partition coefficient (Wildman–Crippen LogP) is 2.92. The number of benzene rings is 1. The Labute approximate surface area is 129 Å². The largest absolute Gasteiger partial charge is 0.481 e. The van der Waals surface area contributed by atoms with Crippen molar-refractivity contribution < 1.29 is 14.7 Å². The third-order valence-electron chi connectivity index (χ3n) is 3.90. The molecule has 1 aliphatic rings. The SMILES string of the molecule is CSCc1cccc(C(=O)NC2CCCCC2C(=O)O)c1. The third-order valence-corrected chi connectivity index (χ3v) is 4.52. The number of carbonyl (C=O) groups excluding carboxylic acids is 1. The fourth-order valence-corrected chi connectivity index (χ4v) is 3.33. The van der Waals surface area contributed by atoms with Crippen molar-refractivity contribution in [2.45, 2.75) is 37.5 Å². The molecule has 0 saturated heterocycles. The summed E-state index contributed by atoms with van der Waals surface area (Å²) in [5.74, 6) is -0.577. The quantitative estimate of drug-likeness (QED) is 0.878. The lowest BCUT2D eigenvalue weighted by atomic mass is 9.84. The van der Waals surface area contributed by atoms with Gasteiger partial charge in [-0.25, -0.2) is 0 Å². The summed E-state index contributed by atoms with van der Waals surface area (Å²) < 4.78 is 0. The first-order chi connectivity index (χ1) is 10.1. The molecule has 0 aliphatic heterocycles. The van der Waals surface area contributed by atoms with Gasteiger partial charge in [-0.15, -0.1) is 0 Å². The van der Waals surface area contributed by atoms with Crippen molar-refractivity contribution in [1.29, 1.82) is 0 Å². The van der Waals surface area contributed by atoms with E-state index in [4.69, 9.17) is 0 Å². The molecule has 2 unspecified atom stereocenters. The van der Waals surface area contributed by atoms with E-state index < -0.39 is 11.9 Å². The fourth-order valence-electron chi connectivity index (χ4n) is 2.82. The Hall–Kier alpha value is -1.49. The van der Waals surface area contributed by atoms with Crippen LogP contribution in [0, 0.1) is 5.92 Å². The van der Waals surface area contributed by atoms with E-state index in [9.17, 15) is 14.7 Å². The maximum Gasteiger partial charge on any atom is 0.308 e. The maximum atomic E-state index is 12.3. The molecule has 0 aromatic heterocycles. The molecule has 1 aliphatic carbocycles. The number of nitrogens with one attached hydrogen (secondary N) is 1. The molecule has 0 spiro atoms. The van der Waals surface area contributed by atoms with E-state index in [0.717, 1.165) is 30.6 Å². The van der Waals surface area contributed by atoms with Crippen LogP contribution in [-0.2, 0) is 10.5 Å². The van der Waals surface area contributed by atoms with Gasteiger partial charge < -0.3 is 10.4 Å². The van der Waals surface area contributed by atoms with E-state index in [1.165, 1.54) is 0 Å². The van der Waals surface area contributed by atoms with Gasteiger partial charge in [0.1, 0.15) is 0 Å². The highest BCUT2D eigenvalue weighted by molar-refractivity contribution is 7.97. The molecule has 1 aromatic carbocycles. The van der Waals surface area contributed by atoms with E-state index in [1.54, 1.807) is 17.8 Å². The first kappa shape index (κ1) is 15.9. The number of carboxylic acids is 1. The summed E-state index contributed by atoms with van der Waals surface area (Å²) in [7, 11) is 0. The Balaban J connectivity index is 2.06. The molecule has 2 N–H and O–H groups in total. The van der Waals surface area contributed by atoms with Gasteiger partial charge in [0.2, 0.25) is 0 Å². The summed E-state index contributed by atoms with van der Waals surface area (Å²) in [6, 6.07) is 7.26. The summed E-state index contributed by atoms with van der Waals surface area (Å²) in [5, 5.41) is 12.2. The van der Waals surface area contributed by atoms with Crippen LogP contribution >= 0.6 is 11.8 Å². The van der Waals surface area contributed by atoms with Crippen LogP contribution in [0.2, 0.25) is 0 Å². The van der Waals surface area contributed by atoms with Gasteiger partial charge >= 0.3 is 5.97 Å². The lowest BCUT2D eigenvalue weighted by molar-refractivity contribution is -0.143. The molecule has 4 nitrogen and oxygen atoms in total. The van der Waals surface area contributed by atoms with Gasteiger partial charge in [-0.2, -0.15) is 11.8 Å². The molecule has 1 amide bonds. The minimum atomic E-state index is -0.809. The smallest absolute Gasteiger partial charge is 0.308 e. The standard InChI is InChI=1S/C16H21NO3S/c1-21-10-11-5-4-6-12(9-11)15(18)17-14-8-3-2-7-13(14)16(19)20/h4-6,9,13-14H,2-3,7-8,10H2,1H3,(H,17,18)(H,19,20). The van der Waals surface area contributed by atoms with Gasteiger partial charge in [0.05, 0.1) is 5.92 Å². The first-order valence-electron chi connectivity index (χ1n) is 7.23. The van der Waals surface area contributed by atoms with E-state index in [0.29, 0.717) is 12.0 Å². The van der Waals surface area contributed by atoms with Crippen molar-refractivity contribution in [2.75, 3.05) is 6.26 Å². The molecule has 2 atom stereocenters. The van der Waals surface area contributed by atoms with E-state index >= 15 is 0 Å². The van der Waals surface area contributed by atoms with Gasteiger partial charge in [0.25, 0.3) is 5.91 Å². The zero-order valence-electron chi connectivity index (χ0n) is 12.2. The molecule has 0 bridgehead atoms. The molecule has 5 heteroatoms. The van der Waals surface area contributed by atoms with Gasteiger partial charge in [0, 0.05) is 17.4 Å². The molecule has 21 heavy (non-hydrogen) atoms. The lowest BCUT2D eigenvalue weighted by Gasteiger charge is -2.29. The normalized spacial score (nSPS) is 21.8. The van der Waals surface area contributed by atoms with Crippen LogP contribution in [0.3, 0.4) is 0 Å². The van der Waals surface area contributed by atoms with E-state index in [1.807, 2.05) is 24.5 Å². The number of thioether (sulfide) groups is 1. The minimum absolute atomic E-state index is 0.170. The molecular formula is C16H21NO3S. The molecule has 1 fully saturated rings. The van der Waals surface area contributed by atoms with Crippen molar-refractivity contribution in [3.05, 3.63) is 35.4 Å². The Morgan fingerprint density at radius 2 is 2.10 bits per heavy atom. The molecule has 1 saturated carbocycles. The average molecular weight is 307 g/mol. The Morgan fingerprint density at radius 1 is 1.33 bits per heavy atom. The Bertz CT molecular complexity index is 518. The monoisotopic (exact) mass is 307 g/mol. The molecule has 0 heterocycles. The van der Waals surface area contributed by atoms with Crippen LogP contribution in [0.4, 0.5) is 0 Å². The number of aliphatic carboxylic acids is 1. The number of rotatable bonds is 5. The van der Waals surface area contributed by atoms with Crippen LogP contribution in [-0.4, -0.2) is 29.3 Å². The van der Waals surface area contributed by atoms with Crippen molar-refractivity contribution >= 4 is 23.6 Å². The van der Waals surface area contributed by atoms with Gasteiger partial charge in [-0.1, -0.05) is 25.0 Å². The second kappa shape index (κ2) is 7.50. The number of hydrogen-bond acceptors (Lipinski definition) is 3. The number of amides is 1. The van der Waals surface area contributed by atoms with Crippen LogP contribution in [0.25, 0.3) is 0 Å². The second-order valence-corrected chi connectivity index (χ2v) is 6.31. The number of carboxylic acid groups (broad SMARTS) is 1. The molecule has 0 radical (unpaired) electrons. The highest BCUT2D eigenvalue weighted by Crippen LogP contribution is 2.25. The molecule has 114 valence electrons. The van der Waals surface area contributed by atoms with Gasteiger partial charge in [-0.05, 0) is 36.8 Å². The average Bonchev–Trinajstić information content (AvgIpc) is 2.48. The van der Waals surface area contributed by atoms with Crippen LogP contribution in [0.5, 0.6) is 0 Å². The second-order valence-electron chi connectivity index (χ2n) is 5.44. The Morgan fingerprint density at radius 3 is 2.81 bits per heavy atom. The van der Waals surface area contributed by atoms with Crippen LogP contribution in [0.15, 0.2) is 24.3 Å². The van der Waals surface area contributed by atoms with Gasteiger partial charge in [0.15, 0.2) is 0 Å². The first-order valence-corrected chi connectivity index (χ1v) is 8.62. The third kappa shape index (κ3) is 4.24. The van der Waals surface area contributed by atoms with Crippen molar-refractivity contribution in [2.24, 2.45) is 5.92 Å². The summed E-state index contributed by atoms with van der Waals surface area (Å²) >= 11 is 1.71. The lowest BCUT2D eigenvalue weighted by Crippen LogP contribution is -2.45. The molecular weight excluding hydrogens is 286 g/mol. The van der Waals surface area contributed by atoms with Crippen molar-refractivity contribution in [3.63, 3.8) is 0 Å². The zero-order valence-corrected chi connectivity index (χ0v) is 13.0.